The van der Waals surface area contributed by atoms with Gasteiger partial charge in [-0.05, 0) is 44.4 Å². The van der Waals surface area contributed by atoms with E-state index in [1.807, 2.05) is 0 Å². The van der Waals surface area contributed by atoms with E-state index in [0.29, 0.717) is 17.9 Å². The maximum absolute atomic E-state index is 12.6. The fourth-order valence-corrected chi connectivity index (χ4v) is 3.71. The van der Waals surface area contributed by atoms with Gasteiger partial charge in [-0.3, -0.25) is 4.79 Å². The van der Waals surface area contributed by atoms with E-state index in [-0.39, 0.29) is 5.92 Å². The molecule has 3 atom stereocenters. The van der Waals surface area contributed by atoms with Crippen LogP contribution in [0.15, 0.2) is 24.3 Å². The number of amides is 1. The van der Waals surface area contributed by atoms with Crippen LogP contribution in [0.1, 0.15) is 36.8 Å². The van der Waals surface area contributed by atoms with E-state index in [9.17, 15) is 4.79 Å². The Balaban J connectivity index is 1.73. The molecule has 2 heterocycles. The third-order valence-corrected chi connectivity index (χ3v) is 4.90. The van der Waals surface area contributed by atoms with Crippen molar-refractivity contribution >= 4 is 5.91 Å². The third kappa shape index (κ3) is 2.47. The molecule has 3 rings (SSSR count). The number of carbonyl (C=O) groups excluding carboxylic acids is 1. The van der Waals surface area contributed by atoms with Crippen molar-refractivity contribution in [3.8, 4) is 0 Å². The topological polar surface area (TPSA) is 32.3 Å². The molecule has 2 fully saturated rings. The second kappa shape index (κ2) is 5.57. The third-order valence-electron chi connectivity index (χ3n) is 4.90. The van der Waals surface area contributed by atoms with Crippen molar-refractivity contribution in [2.45, 2.75) is 38.6 Å². The van der Waals surface area contributed by atoms with E-state index < -0.39 is 0 Å². The summed E-state index contributed by atoms with van der Waals surface area (Å²) in [7, 11) is 0. The first-order chi connectivity index (χ1) is 9.66. The average Bonchev–Trinajstić information content (AvgIpc) is 3.08. The van der Waals surface area contributed by atoms with E-state index in [1.165, 1.54) is 11.1 Å². The quantitative estimate of drug-likeness (QED) is 0.896. The summed E-state index contributed by atoms with van der Waals surface area (Å²) in [5, 5.41) is 3.30. The van der Waals surface area contributed by atoms with Gasteiger partial charge in [-0.1, -0.05) is 24.3 Å². The van der Waals surface area contributed by atoms with Crippen LogP contribution in [0.25, 0.3) is 0 Å². The van der Waals surface area contributed by atoms with Crippen LogP contribution in [0, 0.1) is 12.8 Å². The molecule has 3 nitrogen and oxygen atoms in total. The standard InChI is InChI=1S/C17H24N2O/c1-12-5-3-4-6-16(12)15-9-13(2)19(11-15)17(20)14-7-8-18-10-14/h3-6,13-15,18H,7-11H2,1-2H3/t13-,14+,15-/m1/s1. The van der Waals surface area contributed by atoms with Crippen LogP contribution in [0.5, 0.6) is 0 Å². The lowest BCUT2D eigenvalue weighted by Crippen LogP contribution is -2.39. The fraction of sp³-hybridized carbons (Fsp3) is 0.588. The second-order valence-electron chi connectivity index (χ2n) is 6.32. The van der Waals surface area contributed by atoms with E-state index in [4.69, 9.17) is 0 Å². The number of likely N-dealkylation sites (tertiary alicyclic amines) is 1. The normalized spacial score (nSPS) is 29.9. The summed E-state index contributed by atoms with van der Waals surface area (Å²) in [5.41, 5.74) is 2.76. The molecule has 2 aliphatic heterocycles. The molecule has 0 unspecified atom stereocenters. The van der Waals surface area contributed by atoms with Gasteiger partial charge in [0, 0.05) is 25.0 Å². The summed E-state index contributed by atoms with van der Waals surface area (Å²) in [5.74, 6) is 1.07. The van der Waals surface area contributed by atoms with Crippen LogP contribution in [0.4, 0.5) is 0 Å². The first-order valence-electron chi connectivity index (χ1n) is 7.73. The molecule has 0 saturated carbocycles. The van der Waals surface area contributed by atoms with Crippen molar-refractivity contribution in [1.29, 1.82) is 0 Å². The van der Waals surface area contributed by atoms with Gasteiger partial charge in [0.25, 0.3) is 0 Å². The minimum Gasteiger partial charge on any atom is -0.339 e. The van der Waals surface area contributed by atoms with E-state index >= 15 is 0 Å². The Bertz CT molecular complexity index is 494. The zero-order chi connectivity index (χ0) is 14.1. The SMILES string of the molecule is Cc1ccccc1[C@@H]1C[C@@H](C)N(C(=O)[C@H]2CCNC2)C1. The highest BCUT2D eigenvalue weighted by atomic mass is 16.2. The van der Waals surface area contributed by atoms with E-state index in [1.54, 1.807) is 0 Å². The molecule has 0 spiro atoms. The molecule has 0 aliphatic carbocycles. The molecule has 0 radical (unpaired) electrons. The monoisotopic (exact) mass is 272 g/mol. The summed E-state index contributed by atoms with van der Waals surface area (Å²) in [6.45, 7) is 7.10. The van der Waals surface area contributed by atoms with Gasteiger partial charge in [-0.15, -0.1) is 0 Å². The van der Waals surface area contributed by atoms with Gasteiger partial charge in [0.05, 0.1) is 5.92 Å². The van der Waals surface area contributed by atoms with E-state index in [2.05, 4.69) is 48.3 Å². The minimum absolute atomic E-state index is 0.202. The maximum atomic E-state index is 12.6. The molecule has 108 valence electrons. The van der Waals surface area contributed by atoms with Crippen LogP contribution >= 0.6 is 0 Å². The molecular weight excluding hydrogens is 248 g/mol. The number of benzene rings is 1. The number of aryl methyl sites for hydroxylation is 1. The van der Waals surface area contributed by atoms with Gasteiger partial charge in [0.1, 0.15) is 0 Å². The molecule has 2 saturated heterocycles. The molecule has 1 amide bonds. The number of hydrogen-bond acceptors (Lipinski definition) is 2. The lowest BCUT2D eigenvalue weighted by molar-refractivity contribution is -0.135. The maximum Gasteiger partial charge on any atom is 0.227 e. The van der Waals surface area contributed by atoms with Crippen molar-refractivity contribution in [2.75, 3.05) is 19.6 Å². The number of nitrogens with zero attached hydrogens (tertiary/aromatic N) is 1. The summed E-state index contributed by atoms with van der Waals surface area (Å²) in [6, 6.07) is 8.96. The van der Waals surface area contributed by atoms with Gasteiger partial charge in [-0.2, -0.15) is 0 Å². The van der Waals surface area contributed by atoms with Crippen molar-refractivity contribution in [2.24, 2.45) is 5.92 Å². The molecular formula is C17H24N2O. The molecule has 2 aliphatic rings. The predicted molar refractivity (Wildman–Crippen MR) is 80.7 cm³/mol. The average molecular weight is 272 g/mol. The number of carbonyl (C=O) groups is 1. The van der Waals surface area contributed by atoms with Gasteiger partial charge >= 0.3 is 0 Å². The predicted octanol–water partition coefficient (Wildman–Crippen LogP) is 2.31. The highest BCUT2D eigenvalue weighted by Crippen LogP contribution is 2.34. The van der Waals surface area contributed by atoms with Crippen molar-refractivity contribution in [3.05, 3.63) is 35.4 Å². The minimum atomic E-state index is 0.202. The smallest absolute Gasteiger partial charge is 0.227 e. The van der Waals surface area contributed by atoms with Gasteiger partial charge in [-0.25, -0.2) is 0 Å². The highest BCUT2D eigenvalue weighted by Gasteiger charge is 2.37. The van der Waals surface area contributed by atoms with Crippen molar-refractivity contribution in [1.82, 2.24) is 10.2 Å². The summed E-state index contributed by atoms with van der Waals surface area (Å²) < 4.78 is 0. The van der Waals surface area contributed by atoms with Crippen LogP contribution in [0.3, 0.4) is 0 Å². The Morgan fingerprint density at radius 3 is 2.85 bits per heavy atom. The first kappa shape index (κ1) is 13.6. The lowest BCUT2D eigenvalue weighted by Gasteiger charge is -2.24. The van der Waals surface area contributed by atoms with Gasteiger partial charge in [0.2, 0.25) is 5.91 Å². The van der Waals surface area contributed by atoms with Gasteiger partial charge in [0.15, 0.2) is 0 Å². The summed E-state index contributed by atoms with van der Waals surface area (Å²) in [6.07, 6.45) is 2.09. The highest BCUT2D eigenvalue weighted by molar-refractivity contribution is 5.80. The van der Waals surface area contributed by atoms with Crippen molar-refractivity contribution in [3.63, 3.8) is 0 Å². The van der Waals surface area contributed by atoms with Crippen LogP contribution in [0.2, 0.25) is 0 Å². The number of nitrogens with one attached hydrogen (secondary N) is 1. The van der Waals surface area contributed by atoms with Crippen molar-refractivity contribution < 1.29 is 4.79 Å². The zero-order valence-electron chi connectivity index (χ0n) is 12.4. The molecule has 1 N–H and O–H groups in total. The van der Waals surface area contributed by atoms with Crippen LogP contribution in [-0.4, -0.2) is 36.5 Å². The first-order valence-corrected chi connectivity index (χ1v) is 7.73. The Kier molecular flexibility index (Phi) is 3.79. The second-order valence-corrected chi connectivity index (χ2v) is 6.32. The lowest BCUT2D eigenvalue weighted by atomic mass is 9.93. The Morgan fingerprint density at radius 1 is 1.35 bits per heavy atom. The molecule has 0 bridgehead atoms. The van der Waals surface area contributed by atoms with Gasteiger partial charge < -0.3 is 10.2 Å². The molecule has 1 aromatic carbocycles. The Morgan fingerprint density at radius 2 is 2.15 bits per heavy atom. The van der Waals surface area contributed by atoms with Crippen LogP contribution < -0.4 is 5.32 Å². The summed E-state index contributed by atoms with van der Waals surface area (Å²) in [4.78, 5) is 14.7. The Hall–Kier alpha value is -1.35. The summed E-state index contributed by atoms with van der Waals surface area (Å²) >= 11 is 0. The largest absolute Gasteiger partial charge is 0.339 e. The number of rotatable bonds is 2. The fourth-order valence-electron chi connectivity index (χ4n) is 3.71. The molecule has 20 heavy (non-hydrogen) atoms. The Labute approximate surface area is 121 Å². The zero-order valence-corrected chi connectivity index (χ0v) is 12.4. The van der Waals surface area contributed by atoms with E-state index in [0.717, 1.165) is 32.5 Å². The van der Waals surface area contributed by atoms with Crippen LogP contribution in [-0.2, 0) is 4.79 Å². The number of hydrogen-bond donors (Lipinski definition) is 1. The molecule has 3 heteroatoms. The molecule has 0 aromatic heterocycles. The molecule has 1 aromatic rings.